The number of aromatic nitrogens is 1. The Morgan fingerprint density at radius 2 is 2.30 bits per heavy atom. The molecule has 2 aromatic rings. The van der Waals surface area contributed by atoms with E-state index in [0.29, 0.717) is 30.0 Å². The van der Waals surface area contributed by atoms with E-state index in [1.807, 2.05) is 0 Å². The number of sulfone groups is 1. The van der Waals surface area contributed by atoms with Crippen LogP contribution in [-0.2, 0) is 16.3 Å². The molecule has 1 N–H and O–H groups in total. The predicted molar refractivity (Wildman–Crippen MR) is 73.1 cm³/mol. The van der Waals surface area contributed by atoms with Crippen LogP contribution in [0.25, 0.3) is 11.1 Å². The van der Waals surface area contributed by atoms with E-state index in [0.717, 1.165) is 6.07 Å². The first-order chi connectivity index (χ1) is 9.43. The quantitative estimate of drug-likeness (QED) is 0.909. The van der Waals surface area contributed by atoms with Gasteiger partial charge in [0.2, 0.25) is 0 Å². The minimum Gasteiger partial charge on any atom is -0.439 e. The molecule has 108 valence electrons. The number of nitrogens with one attached hydrogen (secondary N) is 1. The van der Waals surface area contributed by atoms with Gasteiger partial charge in [-0.05, 0) is 6.07 Å². The summed E-state index contributed by atoms with van der Waals surface area (Å²) in [5.41, 5.74) is 0.658. The first-order valence-corrected chi connectivity index (χ1v) is 8.31. The van der Waals surface area contributed by atoms with E-state index >= 15 is 0 Å². The van der Waals surface area contributed by atoms with Crippen molar-refractivity contribution in [2.24, 2.45) is 0 Å². The van der Waals surface area contributed by atoms with Crippen LogP contribution in [0, 0.1) is 5.82 Å². The molecule has 0 saturated carbocycles. The van der Waals surface area contributed by atoms with Gasteiger partial charge in [-0.3, -0.25) is 0 Å². The monoisotopic (exact) mass is 318 g/mol. The highest BCUT2D eigenvalue weighted by Gasteiger charge is 2.26. The Labute approximate surface area is 120 Å². The molecule has 0 bridgehead atoms. The molecule has 2 heterocycles. The second kappa shape index (κ2) is 4.98. The second-order valence-corrected chi connectivity index (χ2v) is 7.45. The molecule has 1 atom stereocenters. The van der Waals surface area contributed by atoms with Gasteiger partial charge in [-0.15, -0.1) is 0 Å². The van der Waals surface area contributed by atoms with Crippen LogP contribution in [0.3, 0.4) is 0 Å². The molecule has 3 rings (SSSR count). The third-order valence-corrected chi connectivity index (χ3v) is 5.19. The normalized spacial score (nSPS) is 22.2. The molecule has 1 aromatic carbocycles. The first-order valence-electron chi connectivity index (χ1n) is 6.11. The highest BCUT2D eigenvalue weighted by Crippen LogP contribution is 2.26. The third kappa shape index (κ3) is 2.79. The van der Waals surface area contributed by atoms with E-state index in [2.05, 4.69) is 10.3 Å². The molecule has 5 nitrogen and oxygen atoms in total. The van der Waals surface area contributed by atoms with E-state index in [1.165, 1.54) is 6.07 Å². The van der Waals surface area contributed by atoms with Crippen LogP contribution in [0.5, 0.6) is 0 Å². The fraction of sp³-hybridized carbons (Fsp3) is 0.417. The van der Waals surface area contributed by atoms with Crippen LogP contribution in [-0.4, -0.2) is 37.5 Å². The molecular formula is C12H12ClFN2O3S. The van der Waals surface area contributed by atoms with Gasteiger partial charge in [-0.25, -0.2) is 17.8 Å². The van der Waals surface area contributed by atoms with Crippen molar-refractivity contribution in [2.75, 3.05) is 18.1 Å². The molecule has 0 radical (unpaired) electrons. The Balaban J connectivity index is 1.86. The Bertz CT molecular complexity index is 759. The zero-order chi connectivity index (χ0) is 14.3. The van der Waals surface area contributed by atoms with Crippen LogP contribution in [0.2, 0.25) is 5.02 Å². The van der Waals surface area contributed by atoms with Crippen molar-refractivity contribution in [3.8, 4) is 0 Å². The molecule has 0 amide bonds. The maximum absolute atomic E-state index is 13.2. The number of fused-ring (bicyclic) bond motifs is 1. The Hall–Kier alpha value is -1.18. The maximum atomic E-state index is 13.2. The Kier molecular flexibility index (Phi) is 3.43. The lowest BCUT2D eigenvalue weighted by Gasteiger charge is -2.22. The number of halogens is 2. The van der Waals surface area contributed by atoms with Gasteiger partial charge in [-0.2, -0.15) is 0 Å². The molecule has 0 aliphatic carbocycles. The minimum atomic E-state index is -3.01. The van der Waals surface area contributed by atoms with Crippen LogP contribution in [0.15, 0.2) is 16.5 Å². The van der Waals surface area contributed by atoms with Gasteiger partial charge in [0.25, 0.3) is 0 Å². The molecule has 1 fully saturated rings. The van der Waals surface area contributed by atoms with Crippen molar-refractivity contribution in [2.45, 2.75) is 12.5 Å². The summed E-state index contributed by atoms with van der Waals surface area (Å²) in [6.45, 7) is 0.419. The number of oxazole rings is 1. The summed E-state index contributed by atoms with van der Waals surface area (Å²) in [7, 11) is -3.01. The summed E-state index contributed by atoms with van der Waals surface area (Å²) >= 11 is 5.88. The van der Waals surface area contributed by atoms with Gasteiger partial charge in [0.15, 0.2) is 21.3 Å². The van der Waals surface area contributed by atoms with E-state index in [1.54, 1.807) is 0 Å². The van der Waals surface area contributed by atoms with Crippen LogP contribution < -0.4 is 5.32 Å². The largest absolute Gasteiger partial charge is 0.439 e. The molecule has 1 aliphatic heterocycles. The summed E-state index contributed by atoms with van der Waals surface area (Å²) in [6.07, 6.45) is 0.325. The molecule has 1 unspecified atom stereocenters. The summed E-state index contributed by atoms with van der Waals surface area (Å²) in [6, 6.07) is 2.15. The Morgan fingerprint density at radius 1 is 1.50 bits per heavy atom. The fourth-order valence-corrected chi connectivity index (χ4v) is 3.99. The topological polar surface area (TPSA) is 72.2 Å². The van der Waals surface area contributed by atoms with Crippen molar-refractivity contribution >= 4 is 32.5 Å². The van der Waals surface area contributed by atoms with Gasteiger partial charge < -0.3 is 9.73 Å². The smallest absolute Gasteiger partial charge is 0.197 e. The molecular weight excluding hydrogens is 307 g/mol. The molecule has 1 saturated heterocycles. The maximum Gasteiger partial charge on any atom is 0.197 e. The lowest BCUT2D eigenvalue weighted by molar-refractivity contribution is 0.456. The molecule has 8 heteroatoms. The number of hydrogen-bond donors (Lipinski definition) is 1. The van der Waals surface area contributed by atoms with Gasteiger partial charge in [0, 0.05) is 25.1 Å². The van der Waals surface area contributed by atoms with Crippen molar-refractivity contribution in [3.63, 3.8) is 0 Å². The first kappa shape index (κ1) is 13.8. The van der Waals surface area contributed by atoms with Crippen LogP contribution in [0.4, 0.5) is 4.39 Å². The van der Waals surface area contributed by atoms with Gasteiger partial charge >= 0.3 is 0 Å². The van der Waals surface area contributed by atoms with E-state index < -0.39 is 15.7 Å². The summed E-state index contributed by atoms with van der Waals surface area (Å²) < 4.78 is 41.8. The van der Waals surface area contributed by atoms with E-state index in [-0.39, 0.29) is 22.6 Å². The average molecular weight is 319 g/mol. The van der Waals surface area contributed by atoms with Crippen LogP contribution >= 0.6 is 11.6 Å². The zero-order valence-electron chi connectivity index (χ0n) is 10.4. The van der Waals surface area contributed by atoms with Gasteiger partial charge in [0.05, 0.1) is 16.5 Å². The van der Waals surface area contributed by atoms with Crippen LogP contribution in [0.1, 0.15) is 5.89 Å². The predicted octanol–water partition coefficient (Wildman–Crippen LogP) is 1.55. The van der Waals surface area contributed by atoms with Crippen molar-refractivity contribution in [1.82, 2.24) is 10.3 Å². The lowest BCUT2D eigenvalue weighted by Crippen LogP contribution is -2.46. The van der Waals surface area contributed by atoms with E-state index in [9.17, 15) is 12.8 Å². The average Bonchev–Trinajstić information content (AvgIpc) is 2.70. The standard InChI is InChI=1S/C12H12ClFN2O3S/c13-9-3-7(14)4-10-12(9)19-11(16-10)5-8-6-20(17,18)2-1-15-8/h3-4,8,15H,1-2,5-6H2. The van der Waals surface area contributed by atoms with Gasteiger partial charge in [0.1, 0.15) is 11.3 Å². The highest BCUT2D eigenvalue weighted by atomic mass is 35.5. The highest BCUT2D eigenvalue weighted by molar-refractivity contribution is 7.91. The molecule has 1 aromatic heterocycles. The Morgan fingerprint density at radius 3 is 3.05 bits per heavy atom. The third-order valence-electron chi connectivity index (χ3n) is 3.18. The molecule has 20 heavy (non-hydrogen) atoms. The SMILES string of the molecule is O=S1(=O)CCNC(Cc2nc3cc(F)cc(Cl)c3o2)C1. The number of rotatable bonds is 2. The summed E-state index contributed by atoms with van der Waals surface area (Å²) in [5, 5.41) is 3.26. The number of nitrogens with zero attached hydrogens (tertiary/aromatic N) is 1. The van der Waals surface area contributed by atoms with E-state index in [4.69, 9.17) is 16.0 Å². The minimum absolute atomic E-state index is 0.0494. The summed E-state index contributed by atoms with van der Waals surface area (Å²) in [5.74, 6) is 0.0601. The van der Waals surface area contributed by atoms with Gasteiger partial charge in [-0.1, -0.05) is 11.6 Å². The lowest BCUT2D eigenvalue weighted by atomic mass is 10.2. The van der Waals surface area contributed by atoms with Crippen molar-refractivity contribution < 1.29 is 17.2 Å². The summed E-state index contributed by atoms with van der Waals surface area (Å²) in [4.78, 5) is 4.15. The second-order valence-electron chi connectivity index (χ2n) is 4.81. The zero-order valence-corrected chi connectivity index (χ0v) is 12.0. The number of hydrogen-bond acceptors (Lipinski definition) is 5. The molecule has 0 spiro atoms. The molecule has 1 aliphatic rings. The fourth-order valence-electron chi connectivity index (χ4n) is 2.30. The number of benzene rings is 1. The van der Waals surface area contributed by atoms with Crippen molar-refractivity contribution in [3.05, 3.63) is 28.9 Å². The van der Waals surface area contributed by atoms with Crippen molar-refractivity contribution in [1.29, 1.82) is 0 Å².